The first-order valence-corrected chi connectivity index (χ1v) is 12.7. The topological polar surface area (TPSA) is 51.2 Å². The van der Waals surface area contributed by atoms with Crippen molar-refractivity contribution in [1.29, 1.82) is 0 Å². The Labute approximate surface area is 229 Å². The van der Waals surface area contributed by atoms with Crippen LogP contribution in [0.25, 0.3) is 6.08 Å². The first-order valence-electron chi connectivity index (χ1n) is 11.1. The number of carbonyl (C=O) groups is 1. The summed E-state index contributed by atoms with van der Waals surface area (Å²) in [6.45, 7) is 2.77. The van der Waals surface area contributed by atoms with Crippen LogP contribution in [0.15, 0.2) is 70.8 Å². The zero-order valence-electron chi connectivity index (χ0n) is 20.0. The van der Waals surface area contributed by atoms with E-state index in [-0.39, 0.29) is 12.5 Å². The number of nitrogens with zero attached hydrogens (tertiary/aromatic N) is 2. The molecule has 1 amide bonds. The third kappa shape index (κ3) is 5.36. The van der Waals surface area contributed by atoms with E-state index in [9.17, 15) is 4.79 Å². The van der Waals surface area contributed by atoms with Crippen LogP contribution in [0, 0.1) is 0 Å². The number of ether oxygens (including phenoxy) is 3. The van der Waals surface area contributed by atoms with Crippen molar-refractivity contribution in [2.24, 2.45) is 0 Å². The molecular formula is C27H24BrClN2O4S. The van der Waals surface area contributed by atoms with Crippen LogP contribution in [-0.2, 0) is 11.4 Å². The second-order valence-corrected chi connectivity index (χ2v) is 9.48. The van der Waals surface area contributed by atoms with Gasteiger partial charge in [-0.3, -0.25) is 9.69 Å². The van der Waals surface area contributed by atoms with Crippen molar-refractivity contribution in [1.82, 2.24) is 4.90 Å². The second kappa shape index (κ2) is 11.3. The average molecular weight is 588 g/mol. The van der Waals surface area contributed by atoms with Crippen molar-refractivity contribution in [3.63, 3.8) is 0 Å². The van der Waals surface area contributed by atoms with Crippen molar-refractivity contribution in [2.45, 2.75) is 13.5 Å². The van der Waals surface area contributed by atoms with Crippen LogP contribution < -0.4 is 19.1 Å². The molecule has 1 heterocycles. The van der Waals surface area contributed by atoms with Gasteiger partial charge < -0.3 is 19.1 Å². The van der Waals surface area contributed by atoms with Gasteiger partial charge in [0, 0.05) is 17.6 Å². The van der Waals surface area contributed by atoms with Crippen LogP contribution in [-0.4, -0.2) is 36.7 Å². The summed E-state index contributed by atoms with van der Waals surface area (Å²) in [5.41, 5.74) is 2.72. The quantitative estimate of drug-likeness (QED) is 0.216. The molecule has 36 heavy (non-hydrogen) atoms. The Hall–Kier alpha value is -3.07. The fraction of sp³-hybridized carbons (Fsp3) is 0.185. The lowest BCUT2D eigenvalue weighted by Gasteiger charge is -2.16. The largest absolute Gasteiger partial charge is 0.494 e. The van der Waals surface area contributed by atoms with Crippen LogP contribution >= 0.6 is 39.7 Å². The molecule has 0 atom stereocenters. The van der Waals surface area contributed by atoms with Gasteiger partial charge in [-0.25, -0.2) is 0 Å². The number of halogens is 2. The lowest BCUT2D eigenvalue weighted by molar-refractivity contribution is -0.114. The van der Waals surface area contributed by atoms with Crippen molar-refractivity contribution >= 4 is 62.5 Å². The summed E-state index contributed by atoms with van der Waals surface area (Å²) in [4.78, 5) is 16.6. The molecule has 0 aliphatic carbocycles. The number of hydrogen-bond acceptors (Lipinski definition) is 5. The van der Waals surface area contributed by atoms with Crippen LogP contribution in [0.4, 0.5) is 5.69 Å². The predicted molar refractivity (Wildman–Crippen MR) is 150 cm³/mol. The fourth-order valence-electron chi connectivity index (χ4n) is 3.73. The number of carbonyl (C=O) groups excluding carboxylic acids is 1. The van der Waals surface area contributed by atoms with E-state index in [0.717, 1.165) is 16.9 Å². The maximum absolute atomic E-state index is 13.4. The highest BCUT2D eigenvalue weighted by atomic mass is 79.9. The Morgan fingerprint density at radius 3 is 2.47 bits per heavy atom. The monoisotopic (exact) mass is 586 g/mol. The third-order valence-electron chi connectivity index (χ3n) is 5.55. The number of anilines is 1. The SMILES string of the molecule is CCOc1ccc(N2C(=O)/C(=C/c3cc(Br)c(OCc4ccccc4Cl)c(OC)c3)N(C)C2=S)cc1. The first-order chi connectivity index (χ1) is 17.3. The van der Waals surface area contributed by atoms with Gasteiger partial charge >= 0.3 is 0 Å². The molecule has 0 aromatic heterocycles. The van der Waals surface area contributed by atoms with Crippen LogP contribution in [0.3, 0.4) is 0 Å². The molecule has 3 aromatic carbocycles. The molecule has 1 fully saturated rings. The Morgan fingerprint density at radius 2 is 1.81 bits per heavy atom. The predicted octanol–water partition coefficient (Wildman–Crippen LogP) is 6.69. The Morgan fingerprint density at radius 1 is 1.08 bits per heavy atom. The van der Waals surface area contributed by atoms with E-state index in [1.165, 1.54) is 4.90 Å². The van der Waals surface area contributed by atoms with Crippen molar-refractivity contribution < 1.29 is 19.0 Å². The Bertz CT molecular complexity index is 1330. The molecule has 4 rings (SSSR count). The molecule has 0 spiro atoms. The highest BCUT2D eigenvalue weighted by Crippen LogP contribution is 2.39. The molecule has 1 aliphatic rings. The summed E-state index contributed by atoms with van der Waals surface area (Å²) in [6, 6.07) is 18.4. The van der Waals surface area contributed by atoms with Crippen LogP contribution in [0.2, 0.25) is 5.02 Å². The van der Waals surface area contributed by atoms with Crippen molar-refractivity contribution in [3.8, 4) is 17.2 Å². The van der Waals surface area contributed by atoms with E-state index in [4.69, 9.17) is 38.0 Å². The molecule has 0 unspecified atom stereocenters. The average Bonchev–Trinajstić information content (AvgIpc) is 3.07. The van der Waals surface area contributed by atoms with E-state index in [1.807, 2.05) is 67.6 Å². The van der Waals surface area contributed by atoms with Gasteiger partial charge in [-0.05, 0) is 89.2 Å². The molecule has 3 aromatic rings. The standard InChI is InChI=1S/C27H24BrClN2O4S/c1-4-34-20-11-9-19(10-12-20)31-26(32)23(30(2)27(31)36)14-17-13-21(28)25(24(15-17)33-3)35-16-18-7-5-6-8-22(18)29/h5-15H,4,16H2,1-3H3/b23-14-. The Balaban J connectivity index is 1.60. The molecule has 0 bridgehead atoms. The maximum Gasteiger partial charge on any atom is 0.281 e. The van der Waals surface area contributed by atoms with E-state index in [0.29, 0.717) is 44.1 Å². The summed E-state index contributed by atoms with van der Waals surface area (Å²) >= 11 is 15.4. The highest BCUT2D eigenvalue weighted by molar-refractivity contribution is 9.10. The minimum absolute atomic E-state index is 0.221. The summed E-state index contributed by atoms with van der Waals surface area (Å²) in [5.74, 6) is 1.57. The van der Waals surface area contributed by atoms with E-state index in [1.54, 1.807) is 25.1 Å². The smallest absolute Gasteiger partial charge is 0.281 e. The lowest BCUT2D eigenvalue weighted by atomic mass is 10.1. The lowest BCUT2D eigenvalue weighted by Crippen LogP contribution is -2.31. The van der Waals surface area contributed by atoms with Gasteiger partial charge in [0.05, 0.1) is 23.9 Å². The van der Waals surface area contributed by atoms with Crippen molar-refractivity contribution in [3.05, 3.63) is 87.0 Å². The number of hydrogen-bond donors (Lipinski definition) is 0. The summed E-state index contributed by atoms with van der Waals surface area (Å²) in [7, 11) is 3.34. The number of rotatable bonds is 8. The normalized spacial score (nSPS) is 14.5. The molecule has 1 aliphatic heterocycles. The second-order valence-electron chi connectivity index (χ2n) is 7.85. The van der Waals surface area contributed by atoms with Crippen molar-refractivity contribution in [2.75, 3.05) is 25.7 Å². The fourth-order valence-corrected chi connectivity index (χ4v) is 4.78. The third-order valence-corrected chi connectivity index (χ3v) is 6.97. The van der Waals surface area contributed by atoms with Gasteiger partial charge in [-0.1, -0.05) is 29.8 Å². The molecule has 6 nitrogen and oxygen atoms in total. The summed E-state index contributed by atoms with van der Waals surface area (Å²) in [5, 5.41) is 1.02. The summed E-state index contributed by atoms with van der Waals surface area (Å²) < 4.78 is 17.8. The molecule has 9 heteroatoms. The van der Waals surface area contributed by atoms with Gasteiger partial charge in [0.2, 0.25) is 0 Å². The number of benzene rings is 3. The van der Waals surface area contributed by atoms with Gasteiger partial charge in [-0.15, -0.1) is 0 Å². The Kier molecular flexibility index (Phi) is 8.18. The molecular weight excluding hydrogens is 564 g/mol. The minimum atomic E-state index is -0.221. The number of thiocarbonyl (C=S) groups is 1. The number of methoxy groups -OCH3 is 1. The maximum atomic E-state index is 13.4. The highest BCUT2D eigenvalue weighted by Gasteiger charge is 2.36. The zero-order valence-corrected chi connectivity index (χ0v) is 23.1. The van der Waals surface area contributed by atoms with Gasteiger partial charge in [0.1, 0.15) is 18.1 Å². The molecule has 0 N–H and O–H groups in total. The van der Waals surface area contributed by atoms with Gasteiger partial charge in [-0.2, -0.15) is 0 Å². The van der Waals surface area contributed by atoms with Crippen LogP contribution in [0.5, 0.6) is 17.2 Å². The van der Waals surface area contributed by atoms with E-state index in [2.05, 4.69) is 15.9 Å². The minimum Gasteiger partial charge on any atom is -0.494 e. The first kappa shape index (κ1) is 26.0. The van der Waals surface area contributed by atoms with Gasteiger partial charge in [0.25, 0.3) is 5.91 Å². The molecule has 186 valence electrons. The van der Waals surface area contributed by atoms with E-state index < -0.39 is 0 Å². The summed E-state index contributed by atoms with van der Waals surface area (Å²) in [6.07, 6.45) is 1.77. The molecule has 0 saturated carbocycles. The number of amides is 1. The zero-order chi connectivity index (χ0) is 25.8. The molecule has 1 saturated heterocycles. The van der Waals surface area contributed by atoms with Crippen LogP contribution in [0.1, 0.15) is 18.1 Å². The molecule has 0 radical (unpaired) electrons. The number of likely N-dealkylation sites (N-methyl/N-ethyl adjacent to an activating group) is 1. The van der Waals surface area contributed by atoms with E-state index >= 15 is 0 Å². The van der Waals surface area contributed by atoms with Gasteiger partial charge in [0.15, 0.2) is 16.6 Å².